The maximum absolute atomic E-state index is 12.9. The molecule has 0 N–H and O–H groups in total. The van der Waals surface area contributed by atoms with Gasteiger partial charge in [0.25, 0.3) is 0 Å². The van der Waals surface area contributed by atoms with Crippen LogP contribution < -0.4 is 0 Å². The fourth-order valence-electron chi connectivity index (χ4n) is 3.04. The lowest BCUT2D eigenvalue weighted by Gasteiger charge is -2.11. The molecule has 1 aliphatic rings. The second kappa shape index (κ2) is 7.23. The van der Waals surface area contributed by atoms with Crippen LogP contribution in [0.2, 0.25) is 0 Å². The lowest BCUT2D eigenvalue weighted by atomic mass is 10.0. The van der Waals surface area contributed by atoms with E-state index in [1.165, 1.54) is 11.3 Å². The summed E-state index contributed by atoms with van der Waals surface area (Å²) in [6.07, 6.45) is 2.86. The van der Waals surface area contributed by atoms with Gasteiger partial charge >= 0.3 is 0 Å². The van der Waals surface area contributed by atoms with E-state index in [1.807, 2.05) is 48.5 Å². The minimum Gasteiger partial charge on any atom is -0.293 e. The second-order valence-corrected chi connectivity index (χ2v) is 8.97. The number of benzene rings is 2. The van der Waals surface area contributed by atoms with Gasteiger partial charge in [0.2, 0.25) is 0 Å². The van der Waals surface area contributed by atoms with Gasteiger partial charge in [-0.1, -0.05) is 65.6 Å². The molecule has 0 aliphatic heterocycles. The second-order valence-electron chi connectivity index (χ2n) is 5.90. The number of carbonyl (C=O) groups excluding carboxylic acids is 1. The van der Waals surface area contributed by atoms with Gasteiger partial charge in [0, 0.05) is 5.56 Å². The molecular formula is C19H16N2OS3. The lowest BCUT2D eigenvalue weighted by Crippen LogP contribution is -2.16. The van der Waals surface area contributed by atoms with E-state index in [0.29, 0.717) is 3.95 Å². The molecule has 3 nitrogen and oxygen atoms in total. The predicted octanol–water partition coefficient (Wildman–Crippen LogP) is 5.34. The van der Waals surface area contributed by atoms with Crippen LogP contribution in [0, 0.1) is 3.95 Å². The SMILES string of the molecule is O=C1c2ccccc2CCCC1Sc1nn(-c2ccccc2)c(=S)s1. The first-order chi connectivity index (χ1) is 12.2. The van der Waals surface area contributed by atoms with Crippen molar-refractivity contribution in [2.45, 2.75) is 28.9 Å². The Bertz CT molecular complexity index is 962. The Hall–Kier alpha value is -1.76. The topological polar surface area (TPSA) is 34.9 Å². The molecule has 4 rings (SSSR count). The normalized spacial score (nSPS) is 17.1. The average Bonchev–Trinajstić information content (AvgIpc) is 2.93. The van der Waals surface area contributed by atoms with Gasteiger partial charge in [0.15, 0.2) is 14.1 Å². The molecule has 0 radical (unpaired) electrons. The minimum absolute atomic E-state index is 0.0894. The van der Waals surface area contributed by atoms with Crippen molar-refractivity contribution in [2.75, 3.05) is 0 Å². The summed E-state index contributed by atoms with van der Waals surface area (Å²) >= 11 is 8.48. The Balaban J connectivity index is 1.61. The highest BCUT2D eigenvalue weighted by Crippen LogP contribution is 2.34. The van der Waals surface area contributed by atoms with E-state index in [1.54, 1.807) is 16.4 Å². The van der Waals surface area contributed by atoms with E-state index in [2.05, 4.69) is 11.2 Å². The van der Waals surface area contributed by atoms with Gasteiger partial charge in [-0.05, 0) is 49.2 Å². The number of thioether (sulfide) groups is 1. The number of fused-ring (bicyclic) bond motifs is 1. The van der Waals surface area contributed by atoms with Crippen LogP contribution in [0.25, 0.3) is 5.69 Å². The highest BCUT2D eigenvalue weighted by Gasteiger charge is 2.27. The van der Waals surface area contributed by atoms with Crippen molar-refractivity contribution < 1.29 is 4.79 Å². The molecule has 0 bridgehead atoms. The van der Waals surface area contributed by atoms with Crippen LogP contribution in [0.3, 0.4) is 0 Å². The van der Waals surface area contributed by atoms with Gasteiger partial charge in [0.05, 0.1) is 10.9 Å². The summed E-state index contributed by atoms with van der Waals surface area (Å²) in [5.41, 5.74) is 2.98. The summed E-state index contributed by atoms with van der Waals surface area (Å²) < 4.78 is 3.33. The van der Waals surface area contributed by atoms with Crippen molar-refractivity contribution in [2.24, 2.45) is 0 Å². The third kappa shape index (κ3) is 3.47. The standard InChI is InChI=1S/C19H16N2OS3/c22-17-15-11-5-4-7-13(15)8-6-12-16(17)24-18-20-21(19(23)25-18)14-9-2-1-3-10-14/h1-5,7,9-11,16H,6,8,12H2. The number of Topliss-reactive ketones (excluding diaryl/α,β-unsaturated/α-hetero) is 1. The summed E-state index contributed by atoms with van der Waals surface area (Å²) in [5, 5.41) is 4.55. The molecule has 1 aliphatic carbocycles. The number of aryl methyl sites for hydroxylation is 1. The molecule has 25 heavy (non-hydrogen) atoms. The van der Waals surface area contributed by atoms with Gasteiger partial charge in [-0.15, -0.1) is 5.10 Å². The number of hydrogen-bond acceptors (Lipinski definition) is 5. The number of nitrogens with zero attached hydrogens (tertiary/aromatic N) is 2. The lowest BCUT2D eigenvalue weighted by molar-refractivity contribution is 0.0988. The van der Waals surface area contributed by atoms with Gasteiger partial charge in [-0.3, -0.25) is 4.79 Å². The highest BCUT2D eigenvalue weighted by atomic mass is 32.2. The predicted molar refractivity (Wildman–Crippen MR) is 106 cm³/mol. The molecule has 0 amide bonds. The molecule has 126 valence electrons. The third-order valence-electron chi connectivity index (χ3n) is 4.26. The highest BCUT2D eigenvalue weighted by molar-refractivity contribution is 8.02. The van der Waals surface area contributed by atoms with Crippen LogP contribution in [-0.4, -0.2) is 20.8 Å². The number of ketones is 1. The molecule has 1 heterocycles. The van der Waals surface area contributed by atoms with Crippen LogP contribution in [-0.2, 0) is 6.42 Å². The molecule has 0 saturated carbocycles. The Morgan fingerprint density at radius 1 is 1.12 bits per heavy atom. The number of para-hydroxylation sites is 1. The van der Waals surface area contributed by atoms with E-state index in [9.17, 15) is 4.79 Å². The smallest absolute Gasteiger partial charge is 0.184 e. The Morgan fingerprint density at radius 3 is 2.72 bits per heavy atom. The fraction of sp³-hybridized carbons (Fsp3) is 0.211. The van der Waals surface area contributed by atoms with Crippen LogP contribution >= 0.6 is 35.3 Å². The van der Waals surface area contributed by atoms with Crippen LogP contribution in [0.15, 0.2) is 58.9 Å². The number of carbonyl (C=O) groups is 1. The fourth-order valence-corrected chi connectivity index (χ4v) is 5.75. The first-order valence-electron chi connectivity index (χ1n) is 8.17. The molecule has 0 spiro atoms. The zero-order valence-corrected chi connectivity index (χ0v) is 15.9. The number of aromatic nitrogens is 2. The largest absolute Gasteiger partial charge is 0.293 e. The van der Waals surface area contributed by atoms with Crippen molar-refractivity contribution in [3.8, 4) is 5.69 Å². The van der Waals surface area contributed by atoms with Crippen molar-refractivity contribution in [3.05, 3.63) is 69.7 Å². The van der Waals surface area contributed by atoms with Gasteiger partial charge in [-0.2, -0.15) is 0 Å². The maximum atomic E-state index is 12.9. The molecule has 3 aromatic rings. The Labute approximate surface area is 159 Å². The minimum atomic E-state index is -0.0894. The molecule has 1 unspecified atom stereocenters. The first kappa shape index (κ1) is 16.7. The summed E-state index contributed by atoms with van der Waals surface area (Å²) in [6.45, 7) is 0. The number of hydrogen-bond donors (Lipinski definition) is 0. The average molecular weight is 385 g/mol. The van der Waals surface area contributed by atoms with Gasteiger partial charge in [-0.25, -0.2) is 4.68 Å². The molecule has 1 aromatic heterocycles. The molecular weight excluding hydrogens is 368 g/mol. The summed E-state index contributed by atoms with van der Waals surface area (Å²) in [7, 11) is 0. The Morgan fingerprint density at radius 2 is 1.88 bits per heavy atom. The van der Waals surface area contributed by atoms with E-state index < -0.39 is 0 Å². The van der Waals surface area contributed by atoms with Crippen molar-refractivity contribution >= 4 is 41.1 Å². The molecule has 0 saturated heterocycles. The van der Waals surface area contributed by atoms with Crippen LogP contribution in [0.1, 0.15) is 28.8 Å². The quantitative estimate of drug-likeness (QED) is 0.451. The van der Waals surface area contributed by atoms with E-state index in [-0.39, 0.29) is 11.0 Å². The molecule has 0 fully saturated rings. The number of rotatable bonds is 3. The van der Waals surface area contributed by atoms with Crippen molar-refractivity contribution in [3.63, 3.8) is 0 Å². The monoisotopic (exact) mass is 384 g/mol. The summed E-state index contributed by atoms with van der Waals surface area (Å²) in [5.74, 6) is 0.213. The van der Waals surface area contributed by atoms with Crippen LogP contribution in [0.4, 0.5) is 0 Å². The van der Waals surface area contributed by atoms with Crippen molar-refractivity contribution in [1.82, 2.24) is 9.78 Å². The zero-order valence-electron chi connectivity index (χ0n) is 13.4. The van der Waals surface area contributed by atoms with Gasteiger partial charge in [0.1, 0.15) is 0 Å². The zero-order chi connectivity index (χ0) is 17.2. The molecule has 1 atom stereocenters. The summed E-state index contributed by atoms with van der Waals surface area (Å²) in [4.78, 5) is 12.9. The Kier molecular flexibility index (Phi) is 4.83. The first-order valence-corrected chi connectivity index (χ1v) is 10.3. The molecule has 2 aromatic carbocycles. The van der Waals surface area contributed by atoms with E-state index in [4.69, 9.17) is 12.2 Å². The van der Waals surface area contributed by atoms with Gasteiger partial charge < -0.3 is 0 Å². The third-order valence-corrected chi connectivity index (χ3v) is 6.84. The van der Waals surface area contributed by atoms with Crippen LogP contribution in [0.5, 0.6) is 0 Å². The van der Waals surface area contributed by atoms with E-state index >= 15 is 0 Å². The molecule has 6 heteroatoms. The van der Waals surface area contributed by atoms with Crippen molar-refractivity contribution in [1.29, 1.82) is 0 Å². The maximum Gasteiger partial charge on any atom is 0.184 e. The summed E-state index contributed by atoms with van der Waals surface area (Å²) in [6, 6.07) is 17.8. The van der Waals surface area contributed by atoms with E-state index in [0.717, 1.165) is 40.4 Å².